The van der Waals surface area contributed by atoms with Crippen LogP contribution in [-0.4, -0.2) is 13.7 Å². The Morgan fingerprint density at radius 1 is 1.35 bits per heavy atom. The molecule has 1 rings (SSSR count). The van der Waals surface area contributed by atoms with Crippen LogP contribution in [0.3, 0.4) is 0 Å². The average molecular weight is 256 g/mol. The lowest BCUT2D eigenvalue weighted by Gasteiger charge is -2.18. The molecule has 3 heteroatoms. The summed E-state index contributed by atoms with van der Waals surface area (Å²) in [6, 6.07) is 3.99. The standard InChI is InChI=1S/C14H22ClNO/c1-5-6-17-14-11(9-16-4)7-12(15)8-13(14)10(2)3/h7-8,10,16H,5-6,9H2,1-4H3. The summed E-state index contributed by atoms with van der Waals surface area (Å²) in [7, 11) is 1.93. The van der Waals surface area contributed by atoms with Gasteiger partial charge in [0.1, 0.15) is 5.75 Å². The Hall–Kier alpha value is -0.730. The third-order valence-electron chi connectivity index (χ3n) is 2.60. The molecule has 1 aromatic carbocycles. The Kier molecular flexibility index (Phi) is 5.79. The lowest BCUT2D eigenvalue weighted by Crippen LogP contribution is -2.10. The van der Waals surface area contributed by atoms with Gasteiger partial charge in [0.05, 0.1) is 6.61 Å². The fourth-order valence-electron chi connectivity index (χ4n) is 1.80. The van der Waals surface area contributed by atoms with Crippen LogP contribution in [0.2, 0.25) is 5.02 Å². The van der Waals surface area contributed by atoms with Crippen molar-refractivity contribution in [1.82, 2.24) is 5.32 Å². The van der Waals surface area contributed by atoms with E-state index in [2.05, 4.69) is 26.1 Å². The molecule has 2 nitrogen and oxygen atoms in total. The Balaban J connectivity index is 3.16. The van der Waals surface area contributed by atoms with E-state index in [1.165, 1.54) is 5.56 Å². The van der Waals surface area contributed by atoms with Gasteiger partial charge < -0.3 is 10.1 Å². The normalized spacial score (nSPS) is 10.9. The van der Waals surface area contributed by atoms with Gasteiger partial charge in [0.15, 0.2) is 0 Å². The van der Waals surface area contributed by atoms with E-state index < -0.39 is 0 Å². The molecule has 0 aliphatic carbocycles. The van der Waals surface area contributed by atoms with Gasteiger partial charge in [-0.2, -0.15) is 0 Å². The van der Waals surface area contributed by atoms with Crippen molar-refractivity contribution in [3.63, 3.8) is 0 Å². The molecule has 0 aliphatic rings. The molecule has 0 amide bonds. The van der Waals surface area contributed by atoms with E-state index in [0.29, 0.717) is 5.92 Å². The molecule has 0 aromatic heterocycles. The minimum Gasteiger partial charge on any atom is -0.493 e. The van der Waals surface area contributed by atoms with Crippen molar-refractivity contribution in [1.29, 1.82) is 0 Å². The molecule has 17 heavy (non-hydrogen) atoms. The van der Waals surface area contributed by atoms with E-state index in [1.807, 2.05) is 19.2 Å². The second-order valence-electron chi connectivity index (χ2n) is 4.52. The second kappa shape index (κ2) is 6.87. The summed E-state index contributed by atoms with van der Waals surface area (Å²) in [5.41, 5.74) is 2.33. The van der Waals surface area contributed by atoms with Gasteiger partial charge in [-0.05, 0) is 37.1 Å². The van der Waals surface area contributed by atoms with Crippen LogP contribution in [0.1, 0.15) is 44.2 Å². The lowest BCUT2D eigenvalue weighted by atomic mass is 9.99. The van der Waals surface area contributed by atoms with Crippen LogP contribution < -0.4 is 10.1 Å². The fraction of sp³-hybridized carbons (Fsp3) is 0.571. The fourth-order valence-corrected chi connectivity index (χ4v) is 2.05. The van der Waals surface area contributed by atoms with E-state index >= 15 is 0 Å². The second-order valence-corrected chi connectivity index (χ2v) is 4.95. The van der Waals surface area contributed by atoms with Gasteiger partial charge >= 0.3 is 0 Å². The zero-order valence-electron chi connectivity index (χ0n) is 11.1. The Morgan fingerprint density at radius 3 is 2.59 bits per heavy atom. The third kappa shape index (κ3) is 3.90. The first kappa shape index (κ1) is 14.3. The Labute approximate surface area is 109 Å². The molecule has 1 aromatic rings. The monoisotopic (exact) mass is 255 g/mol. The number of ether oxygens (including phenoxy) is 1. The van der Waals surface area contributed by atoms with Crippen molar-refractivity contribution in [2.45, 2.75) is 39.7 Å². The highest BCUT2D eigenvalue weighted by atomic mass is 35.5. The smallest absolute Gasteiger partial charge is 0.127 e. The maximum atomic E-state index is 6.15. The van der Waals surface area contributed by atoms with Crippen molar-refractivity contribution in [3.05, 3.63) is 28.3 Å². The quantitative estimate of drug-likeness (QED) is 0.831. The molecular formula is C14H22ClNO. The Bertz CT molecular complexity index is 363. The van der Waals surface area contributed by atoms with E-state index in [4.69, 9.17) is 16.3 Å². The zero-order chi connectivity index (χ0) is 12.8. The number of hydrogen-bond acceptors (Lipinski definition) is 2. The van der Waals surface area contributed by atoms with Gasteiger partial charge in [0, 0.05) is 17.1 Å². The molecule has 0 atom stereocenters. The van der Waals surface area contributed by atoms with Crippen molar-refractivity contribution >= 4 is 11.6 Å². The first-order valence-electron chi connectivity index (χ1n) is 6.19. The molecule has 0 bridgehead atoms. The van der Waals surface area contributed by atoms with E-state index in [1.54, 1.807) is 0 Å². The minimum atomic E-state index is 0.413. The zero-order valence-corrected chi connectivity index (χ0v) is 11.9. The number of halogens is 1. The summed E-state index contributed by atoms with van der Waals surface area (Å²) in [6.07, 6.45) is 1.01. The van der Waals surface area contributed by atoms with E-state index in [-0.39, 0.29) is 0 Å². The van der Waals surface area contributed by atoms with E-state index in [0.717, 1.165) is 35.9 Å². The molecular weight excluding hydrogens is 234 g/mol. The topological polar surface area (TPSA) is 21.3 Å². The summed E-state index contributed by atoms with van der Waals surface area (Å²) >= 11 is 6.15. The van der Waals surface area contributed by atoms with Crippen LogP contribution in [0, 0.1) is 0 Å². The van der Waals surface area contributed by atoms with E-state index in [9.17, 15) is 0 Å². The van der Waals surface area contributed by atoms with Crippen LogP contribution in [-0.2, 0) is 6.54 Å². The maximum absolute atomic E-state index is 6.15. The highest BCUT2D eigenvalue weighted by molar-refractivity contribution is 6.30. The third-order valence-corrected chi connectivity index (χ3v) is 2.82. The molecule has 0 aliphatic heterocycles. The van der Waals surface area contributed by atoms with Crippen LogP contribution >= 0.6 is 11.6 Å². The molecule has 0 saturated heterocycles. The van der Waals surface area contributed by atoms with Gasteiger partial charge in [-0.3, -0.25) is 0 Å². The maximum Gasteiger partial charge on any atom is 0.127 e. The molecule has 96 valence electrons. The van der Waals surface area contributed by atoms with Crippen LogP contribution in [0.15, 0.2) is 12.1 Å². The summed E-state index contributed by atoms with van der Waals surface area (Å²) < 4.78 is 5.89. The van der Waals surface area contributed by atoms with Gasteiger partial charge in [0.25, 0.3) is 0 Å². The van der Waals surface area contributed by atoms with Crippen molar-refractivity contribution in [3.8, 4) is 5.75 Å². The minimum absolute atomic E-state index is 0.413. The van der Waals surface area contributed by atoms with Crippen LogP contribution in [0.25, 0.3) is 0 Å². The van der Waals surface area contributed by atoms with Gasteiger partial charge in [0.2, 0.25) is 0 Å². The Morgan fingerprint density at radius 2 is 2.06 bits per heavy atom. The molecule has 1 N–H and O–H groups in total. The highest BCUT2D eigenvalue weighted by Crippen LogP contribution is 2.33. The first-order chi connectivity index (χ1) is 8.10. The van der Waals surface area contributed by atoms with Crippen LogP contribution in [0.4, 0.5) is 0 Å². The first-order valence-corrected chi connectivity index (χ1v) is 6.57. The van der Waals surface area contributed by atoms with Crippen molar-refractivity contribution in [2.24, 2.45) is 0 Å². The number of nitrogens with one attached hydrogen (secondary N) is 1. The molecule has 0 spiro atoms. The molecule has 0 heterocycles. The largest absolute Gasteiger partial charge is 0.493 e. The molecule has 0 radical (unpaired) electrons. The molecule has 0 fully saturated rings. The predicted molar refractivity (Wildman–Crippen MR) is 74.1 cm³/mol. The van der Waals surface area contributed by atoms with Crippen molar-refractivity contribution in [2.75, 3.05) is 13.7 Å². The summed E-state index contributed by atoms with van der Waals surface area (Å²) in [5.74, 6) is 1.41. The molecule has 0 unspecified atom stereocenters. The number of hydrogen-bond donors (Lipinski definition) is 1. The van der Waals surface area contributed by atoms with Crippen molar-refractivity contribution < 1.29 is 4.74 Å². The number of benzene rings is 1. The highest BCUT2D eigenvalue weighted by Gasteiger charge is 2.14. The lowest BCUT2D eigenvalue weighted by molar-refractivity contribution is 0.309. The van der Waals surface area contributed by atoms with Gasteiger partial charge in [-0.25, -0.2) is 0 Å². The predicted octanol–water partition coefficient (Wildman–Crippen LogP) is 3.97. The number of rotatable bonds is 6. The summed E-state index contributed by atoms with van der Waals surface area (Å²) in [4.78, 5) is 0. The van der Waals surface area contributed by atoms with Gasteiger partial charge in [-0.1, -0.05) is 32.4 Å². The SMILES string of the molecule is CCCOc1c(CNC)cc(Cl)cc1C(C)C. The van der Waals surface area contributed by atoms with Gasteiger partial charge in [-0.15, -0.1) is 0 Å². The summed E-state index contributed by atoms with van der Waals surface area (Å²) in [6.45, 7) is 7.96. The van der Waals surface area contributed by atoms with Crippen LogP contribution in [0.5, 0.6) is 5.75 Å². The average Bonchev–Trinajstić information content (AvgIpc) is 2.27. The summed E-state index contributed by atoms with van der Waals surface area (Å²) in [5, 5.41) is 3.94. The molecule has 0 saturated carbocycles.